The van der Waals surface area contributed by atoms with Crippen molar-refractivity contribution in [1.29, 1.82) is 0 Å². The second kappa shape index (κ2) is 5.90. The summed E-state index contributed by atoms with van der Waals surface area (Å²) in [5, 5.41) is 3.71. The molecule has 112 valence electrons. The Hall–Kier alpha value is -1.80. The van der Waals surface area contributed by atoms with Gasteiger partial charge in [0.2, 0.25) is 0 Å². The molecule has 0 fully saturated rings. The van der Waals surface area contributed by atoms with Crippen LogP contribution in [0.3, 0.4) is 0 Å². The molecule has 0 radical (unpaired) electrons. The zero-order valence-electron chi connectivity index (χ0n) is 10.3. The summed E-state index contributed by atoms with van der Waals surface area (Å²) in [5.41, 5.74) is -0.491. The molecule has 0 aliphatic carbocycles. The normalized spacial score (nSPS) is 11.4. The summed E-state index contributed by atoms with van der Waals surface area (Å²) in [5.74, 6) is -0.624. The lowest BCUT2D eigenvalue weighted by atomic mass is 10.1. The highest BCUT2D eigenvalue weighted by molar-refractivity contribution is 7.07. The SMILES string of the molecule is O=C(NCc1csc(=O)[nH]1)c1ccc(C(F)(F)F)cc1Cl. The van der Waals surface area contributed by atoms with Crippen LogP contribution in [-0.4, -0.2) is 10.9 Å². The summed E-state index contributed by atoms with van der Waals surface area (Å²) in [4.78, 5) is 25.0. The third kappa shape index (κ3) is 3.85. The Kier molecular flexibility index (Phi) is 4.38. The van der Waals surface area contributed by atoms with Crippen LogP contribution in [0.15, 0.2) is 28.4 Å². The van der Waals surface area contributed by atoms with E-state index in [9.17, 15) is 22.8 Å². The van der Waals surface area contributed by atoms with E-state index in [4.69, 9.17) is 11.6 Å². The Morgan fingerprint density at radius 3 is 2.62 bits per heavy atom. The quantitative estimate of drug-likeness (QED) is 0.905. The number of carbonyl (C=O) groups excluding carboxylic acids is 1. The molecule has 9 heteroatoms. The van der Waals surface area contributed by atoms with E-state index in [0.717, 1.165) is 23.5 Å². The zero-order chi connectivity index (χ0) is 15.6. The number of aromatic nitrogens is 1. The molecule has 1 aromatic carbocycles. The molecule has 0 unspecified atom stereocenters. The number of rotatable bonds is 3. The van der Waals surface area contributed by atoms with Crippen molar-refractivity contribution in [1.82, 2.24) is 10.3 Å². The summed E-state index contributed by atoms with van der Waals surface area (Å²) >= 11 is 6.65. The van der Waals surface area contributed by atoms with Crippen molar-refractivity contribution < 1.29 is 18.0 Å². The van der Waals surface area contributed by atoms with Gasteiger partial charge in [0.25, 0.3) is 5.91 Å². The summed E-state index contributed by atoms with van der Waals surface area (Å²) in [6, 6.07) is 2.49. The minimum Gasteiger partial charge on any atom is -0.346 e. The first-order valence-electron chi connectivity index (χ1n) is 5.59. The molecule has 2 aromatic rings. The van der Waals surface area contributed by atoms with Crippen LogP contribution in [0.4, 0.5) is 13.2 Å². The van der Waals surface area contributed by atoms with Gasteiger partial charge in [-0.25, -0.2) is 0 Å². The van der Waals surface area contributed by atoms with Gasteiger partial charge in [0.05, 0.1) is 22.7 Å². The van der Waals surface area contributed by atoms with Crippen LogP contribution in [0.25, 0.3) is 0 Å². The molecule has 1 heterocycles. The summed E-state index contributed by atoms with van der Waals surface area (Å²) < 4.78 is 37.4. The van der Waals surface area contributed by atoms with Crippen molar-refractivity contribution in [3.8, 4) is 0 Å². The summed E-state index contributed by atoms with van der Waals surface area (Å²) in [6.45, 7) is 0.0505. The van der Waals surface area contributed by atoms with Gasteiger partial charge >= 0.3 is 11.0 Å². The molecule has 0 aliphatic heterocycles. The van der Waals surface area contributed by atoms with E-state index < -0.39 is 17.6 Å². The predicted molar refractivity (Wildman–Crippen MR) is 72.6 cm³/mol. The number of hydrogen-bond acceptors (Lipinski definition) is 3. The standard InChI is InChI=1S/C12H8ClF3N2O2S/c13-9-3-6(12(14,15)16)1-2-8(9)10(19)17-4-7-5-21-11(20)18-7/h1-3,5H,4H2,(H,17,19)(H,18,20). The fraction of sp³-hybridized carbons (Fsp3) is 0.167. The van der Waals surface area contributed by atoms with E-state index >= 15 is 0 Å². The summed E-state index contributed by atoms with van der Waals surface area (Å²) in [6.07, 6.45) is -4.52. The Morgan fingerprint density at radius 2 is 2.10 bits per heavy atom. The Bertz CT molecular complexity index is 724. The third-order valence-electron chi connectivity index (χ3n) is 2.55. The monoisotopic (exact) mass is 336 g/mol. The number of aromatic amines is 1. The van der Waals surface area contributed by atoms with Gasteiger partial charge < -0.3 is 10.3 Å². The van der Waals surface area contributed by atoms with Crippen molar-refractivity contribution >= 4 is 28.8 Å². The van der Waals surface area contributed by atoms with Crippen molar-refractivity contribution in [3.05, 3.63) is 55.1 Å². The fourth-order valence-electron chi connectivity index (χ4n) is 1.55. The van der Waals surface area contributed by atoms with E-state index in [0.29, 0.717) is 11.8 Å². The van der Waals surface area contributed by atoms with Gasteiger partial charge in [0, 0.05) is 11.1 Å². The second-order valence-electron chi connectivity index (χ2n) is 4.05. The first-order valence-corrected chi connectivity index (χ1v) is 6.85. The van der Waals surface area contributed by atoms with Gasteiger partial charge in [-0.2, -0.15) is 13.2 Å². The number of carbonyl (C=O) groups is 1. The van der Waals surface area contributed by atoms with Crippen molar-refractivity contribution in [2.45, 2.75) is 12.7 Å². The molecule has 2 rings (SSSR count). The number of H-pyrrole nitrogens is 1. The van der Waals surface area contributed by atoms with E-state index in [1.165, 1.54) is 5.38 Å². The number of amides is 1. The molecule has 4 nitrogen and oxygen atoms in total. The van der Waals surface area contributed by atoms with Gasteiger partial charge in [-0.3, -0.25) is 9.59 Å². The molecular formula is C12H8ClF3N2O2S. The average molecular weight is 337 g/mol. The second-order valence-corrected chi connectivity index (χ2v) is 5.30. The van der Waals surface area contributed by atoms with E-state index in [-0.39, 0.29) is 22.0 Å². The minimum absolute atomic E-state index is 0.0505. The third-order valence-corrected chi connectivity index (χ3v) is 3.58. The highest BCUT2D eigenvalue weighted by atomic mass is 35.5. The maximum atomic E-state index is 12.5. The molecule has 21 heavy (non-hydrogen) atoms. The lowest BCUT2D eigenvalue weighted by Crippen LogP contribution is -2.23. The largest absolute Gasteiger partial charge is 0.416 e. The Morgan fingerprint density at radius 1 is 1.38 bits per heavy atom. The van der Waals surface area contributed by atoms with Gasteiger partial charge in [-0.15, -0.1) is 0 Å². The topological polar surface area (TPSA) is 62.0 Å². The maximum absolute atomic E-state index is 12.5. The number of thiazole rings is 1. The highest BCUT2D eigenvalue weighted by Gasteiger charge is 2.31. The van der Waals surface area contributed by atoms with Crippen LogP contribution in [-0.2, 0) is 12.7 Å². The van der Waals surface area contributed by atoms with Gasteiger partial charge in [-0.1, -0.05) is 22.9 Å². The molecule has 1 aromatic heterocycles. The zero-order valence-corrected chi connectivity index (χ0v) is 11.8. The molecule has 1 amide bonds. The molecule has 2 N–H and O–H groups in total. The van der Waals surface area contributed by atoms with Crippen LogP contribution >= 0.6 is 22.9 Å². The lowest BCUT2D eigenvalue weighted by molar-refractivity contribution is -0.137. The Labute approximate surface area is 125 Å². The van der Waals surface area contributed by atoms with E-state index in [2.05, 4.69) is 10.3 Å². The van der Waals surface area contributed by atoms with Gasteiger partial charge in [-0.05, 0) is 18.2 Å². The molecule has 0 saturated carbocycles. The molecule has 0 bridgehead atoms. The van der Waals surface area contributed by atoms with E-state index in [1.54, 1.807) is 0 Å². The maximum Gasteiger partial charge on any atom is 0.416 e. The average Bonchev–Trinajstić information content (AvgIpc) is 2.80. The van der Waals surface area contributed by atoms with Crippen molar-refractivity contribution in [3.63, 3.8) is 0 Å². The number of alkyl halides is 3. The van der Waals surface area contributed by atoms with Crippen molar-refractivity contribution in [2.24, 2.45) is 0 Å². The molecule has 0 spiro atoms. The highest BCUT2D eigenvalue weighted by Crippen LogP contribution is 2.32. The first-order chi connectivity index (χ1) is 9.77. The predicted octanol–water partition coefficient (Wildman–Crippen LogP) is 3.04. The molecule has 0 atom stereocenters. The molecular weight excluding hydrogens is 329 g/mol. The number of hydrogen-bond donors (Lipinski definition) is 2. The molecule has 0 aliphatic rings. The van der Waals surface area contributed by atoms with Crippen LogP contribution < -0.4 is 10.2 Å². The van der Waals surface area contributed by atoms with Crippen molar-refractivity contribution in [2.75, 3.05) is 0 Å². The number of nitrogens with one attached hydrogen (secondary N) is 2. The lowest BCUT2D eigenvalue weighted by Gasteiger charge is -2.10. The molecule has 0 saturated heterocycles. The van der Waals surface area contributed by atoms with Crippen LogP contribution in [0, 0.1) is 0 Å². The summed E-state index contributed by atoms with van der Waals surface area (Å²) in [7, 11) is 0. The van der Waals surface area contributed by atoms with E-state index in [1.807, 2.05) is 0 Å². The Balaban J connectivity index is 2.11. The van der Waals surface area contributed by atoms with Crippen LogP contribution in [0.2, 0.25) is 5.02 Å². The van der Waals surface area contributed by atoms with Gasteiger partial charge in [0.15, 0.2) is 0 Å². The number of halogens is 4. The minimum atomic E-state index is -4.52. The van der Waals surface area contributed by atoms with Crippen LogP contribution in [0.1, 0.15) is 21.6 Å². The number of benzene rings is 1. The fourth-order valence-corrected chi connectivity index (χ4v) is 2.39. The smallest absolute Gasteiger partial charge is 0.346 e. The first kappa shape index (κ1) is 15.6. The van der Waals surface area contributed by atoms with Crippen LogP contribution in [0.5, 0.6) is 0 Å². The van der Waals surface area contributed by atoms with Gasteiger partial charge in [0.1, 0.15) is 0 Å².